The first-order valence-electron chi connectivity index (χ1n) is 5.48. The number of halogens is 6. The van der Waals surface area contributed by atoms with E-state index in [0.717, 1.165) is 0 Å². The van der Waals surface area contributed by atoms with Gasteiger partial charge in [-0.25, -0.2) is 9.59 Å². The van der Waals surface area contributed by atoms with Crippen LogP contribution in [0.5, 0.6) is 0 Å². The molecule has 12 heteroatoms. The first-order valence-corrected chi connectivity index (χ1v) is 5.48. The predicted octanol–water partition coefficient (Wildman–Crippen LogP) is 1.15. The highest BCUT2D eigenvalue weighted by atomic mass is 19.4. The fourth-order valence-corrected chi connectivity index (χ4v) is 0.667. The van der Waals surface area contributed by atoms with Crippen LogP contribution in [0, 0.1) is 0 Å². The molecule has 0 radical (unpaired) electrons. The van der Waals surface area contributed by atoms with E-state index in [1.165, 1.54) is 13.8 Å². The summed E-state index contributed by atoms with van der Waals surface area (Å²) in [7, 11) is 0. The van der Waals surface area contributed by atoms with Crippen LogP contribution in [0.3, 0.4) is 0 Å². The molecule has 0 aromatic rings. The molecule has 1 unspecified atom stereocenters. The van der Waals surface area contributed by atoms with Crippen LogP contribution in [0.15, 0.2) is 0 Å². The van der Waals surface area contributed by atoms with Crippen molar-refractivity contribution >= 4 is 17.7 Å². The van der Waals surface area contributed by atoms with Crippen molar-refractivity contribution in [2.45, 2.75) is 32.3 Å². The number of hydrogen-bond donors (Lipinski definition) is 1. The lowest BCUT2D eigenvalue weighted by Crippen LogP contribution is -2.37. The van der Waals surface area contributed by atoms with Crippen molar-refractivity contribution in [1.29, 1.82) is 0 Å². The number of alkyl halides is 6. The number of aliphatic hydroxyl groups is 1. The van der Waals surface area contributed by atoms with Gasteiger partial charge in [0.05, 0.1) is 13.2 Å². The molecule has 1 N–H and O–H groups in total. The lowest BCUT2D eigenvalue weighted by Gasteiger charge is -2.12. The van der Waals surface area contributed by atoms with Crippen molar-refractivity contribution in [3.05, 3.63) is 0 Å². The Kier molecular flexibility index (Phi) is 9.41. The van der Waals surface area contributed by atoms with Gasteiger partial charge in [0.15, 0.2) is 0 Å². The number of rotatable bonds is 4. The van der Waals surface area contributed by atoms with Gasteiger partial charge < -0.3 is 14.6 Å². The molecular formula is C10H12F6O6. The number of ether oxygens (including phenoxy) is 2. The highest BCUT2D eigenvalue weighted by Crippen LogP contribution is 2.20. The van der Waals surface area contributed by atoms with E-state index < -0.39 is 36.2 Å². The second-order valence-corrected chi connectivity index (χ2v) is 3.24. The summed E-state index contributed by atoms with van der Waals surface area (Å²) >= 11 is 0. The third-order valence-electron chi connectivity index (χ3n) is 1.54. The predicted molar refractivity (Wildman–Crippen MR) is 56.4 cm³/mol. The maximum absolute atomic E-state index is 11.5. The lowest BCUT2D eigenvalue weighted by atomic mass is 10.3. The normalized spacial score (nSPS) is 12.6. The third kappa shape index (κ3) is 9.15. The van der Waals surface area contributed by atoms with Gasteiger partial charge in [0.2, 0.25) is 6.10 Å². The Morgan fingerprint density at radius 1 is 0.955 bits per heavy atom. The quantitative estimate of drug-likeness (QED) is 0.468. The van der Waals surface area contributed by atoms with E-state index in [1.807, 2.05) is 0 Å². The minimum Gasteiger partial charge on any atom is -0.464 e. The van der Waals surface area contributed by atoms with E-state index in [9.17, 15) is 40.7 Å². The van der Waals surface area contributed by atoms with Crippen molar-refractivity contribution in [2.24, 2.45) is 0 Å². The maximum Gasteiger partial charge on any atom is 0.461 e. The van der Waals surface area contributed by atoms with Crippen LogP contribution < -0.4 is 0 Å². The van der Waals surface area contributed by atoms with Crippen molar-refractivity contribution in [2.75, 3.05) is 13.2 Å². The van der Waals surface area contributed by atoms with E-state index in [2.05, 4.69) is 9.47 Å². The zero-order valence-electron chi connectivity index (χ0n) is 11.2. The molecule has 0 aromatic carbocycles. The summed E-state index contributed by atoms with van der Waals surface area (Å²) in [5.74, 6) is -6.00. The second-order valence-electron chi connectivity index (χ2n) is 3.24. The molecule has 0 fully saturated rings. The van der Waals surface area contributed by atoms with Crippen LogP contribution >= 0.6 is 0 Å². The zero-order chi connectivity index (χ0) is 18.1. The molecule has 0 rings (SSSR count). The standard InChI is InChI=1S/C5H7F3O3.C5H5F3O3/c2*1-2-11-4(10)3(9)5(6,7)8/h3,9H,2H2,1H3;2H2,1H3. The van der Waals surface area contributed by atoms with Gasteiger partial charge in [-0.15, -0.1) is 0 Å². The average molecular weight is 342 g/mol. The summed E-state index contributed by atoms with van der Waals surface area (Å²) in [6.45, 7) is 2.22. The van der Waals surface area contributed by atoms with Gasteiger partial charge in [0, 0.05) is 0 Å². The molecular weight excluding hydrogens is 330 g/mol. The van der Waals surface area contributed by atoms with Crippen LogP contribution in [0.4, 0.5) is 26.3 Å². The Balaban J connectivity index is 0. The summed E-state index contributed by atoms with van der Waals surface area (Å²) < 4.78 is 76.3. The van der Waals surface area contributed by atoms with Gasteiger partial charge in [-0.2, -0.15) is 26.3 Å². The summed E-state index contributed by atoms with van der Waals surface area (Å²) in [5.41, 5.74) is 0. The van der Waals surface area contributed by atoms with Crippen LogP contribution in [0.2, 0.25) is 0 Å². The highest BCUT2D eigenvalue weighted by molar-refractivity contribution is 6.35. The van der Waals surface area contributed by atoms with Crippen LogP contribution in [0.1, 0.15) is 13.8 Å². The third-order valence-corrected chi connectivity index (χ3v) is 1.54. The summed E-state index contributed by atoms with van der Waals surface area (Å²) in [6.07, 6.45) is -13.1. The molecule has 0 saturated carbocycles. The molecule has 0 aliphatic rings. The van der Waals surface area contributed by atoms with Crippen molar-refractivity contribution in [3.63, 3.8) is 0 Å². The summed E-state index contributed by atoms with van der Waals surface area (Å²) in [5, 5.41) is 8.19. The number of esters is 2. The Morgan fingerprint density at radius 3 is 1.64 bits per heavy atom. The van der Waals surface area contributed by atoms with Crippen molar-refractivity contribution in [3.8, 4) is 0 Å². The van der Waals surface area contributed by atoms with Crippen LogP contribution in [0.25, 0.3) is 0 Å². The second kappa shape index (κ2) is 9.23. The molecule has 22 heavy (non-hydrogen) atoms. The average Bonchev–Trinajstić information content (AvgIpc) is 2.36. The van der Waals surface area contributed by atoms with Gasteiger partial charge >= 0.3 is 30.1 Å². The minimum atomic E-state index is -5.13. The maximum atomic E-state index is 11.5. The van der Waals surface area contributed by atoms with Gasteiger partial charge in [0.25, 0.3) is 0 Å². The molecule has 0 aliphatic heterocycles. The SMILES string of the molecule is CCOC(=O)C(=O)C(F)(F)F.CCOC(=O)C(O)C(F)(F)F. The molecule has 0 aromatic heterocycles. The van der Waals surface area contributed by atoms with Gasteiger partial charge in [0.1, 0.15) is 0 Å². The Labute approximate surface area is 120 Å². The van der Waals surface area contributed by atoms with Crippen LogP contribution in [-0.4, -0.2) is 54.5 Å². The van der Waals surface area contributed by atoms with E-state index in [4.69, 9.17) is 5.11 Å². The molecule has 0 heterocycles. The summed E-state index contributed by atoms with van der Waals surface area (Å²) in [6, 6.07) is 0. The highest BCUT2D eigenvalue weighted by Gasteiger charge is 2.45. The monoisotopic (exact) mass is 342 g/mol. The van der Waals surface area contributed by atoms with Crippen molar-refractivity contribution in [1.82, 2.24) is 0 Å². The molecule has 130 valence electrons. The smallest absolute Gasteiger partial charge is 0.461 e. The fourth-order valence-electron chi connectivity index (χ4n) is 0.667. The van der Waals surface area contributed by atoms with Gasteiger partial charge in [-0.05, 0) is 13.8 Å². The Morgan fingerprint density at radius 2 is 1.36 bits per heavy atom. The number of hydrogen-bond acceptors (Lipinski definition) is 6. The number of ketones is 1. The van der Waals surface area contributed by atoms with E-state index >= 15 is 0 Å². The zero-order valence-corrected chi connectivity index (χ0v) is 11.2. The minimum absolute atomic E-state index is 0.189. The van der Waals surface area contributed by atoms with Crippen LogP contribution in [-0.2, 0) is 23.9 Å². The van der Waals surface area contributed by atoms with Gasteiger partial charge in [-0.3, -0.25) is 4.79 Å². The first-order chi connectivity index (χ1) is 9.78. The van der Waals surface area contributed by atoms with E-state index in [-0.39, 0.29) is 13.2 Å². The first kappa shape index (κ1) is 22.4. The lowest BCUT2D eigenvalue weighted by molar-refractivity contribution is -0.217. The molecule has 0 spiro atoms. The summed E-state index contributed by atoms with van der Waals surface area (Å²) in [4.78, 5) is 30.3. The number of aliphatic hydroxyl groups excluding tert-OH is 1. The molecule has 0 aliphatic carbocycles. The molecule has 6 nitrogen and oxygen atoms in total. The van der Waals surface area contributed by atoms with Crippen molar-refractivity contribution < 1.29 is 55.3 Å². The molecule has 1 atom stereocenters. The van der Waals surface area contributed by atoms with E-state index in [0.29, 0.717) is 0 Å². The Hall–Kier alpha value is -1.85. The van der Waals surface area contributed by atoms with Gasteiger partial charge in [-0.1, -0.05) is 0 Å². The Bertz CT molecular complexity index is 388. The molecule has 0 bridgehead atoms. The van der Waals surface area contributed by atoms with E-state index in [1.54, 1.807) is 0 Å². The fraction of sp³-hybridized carbons (Fsp3) is 0.700. The molecule has 0 saturated heterocycles. The number of carbonyl (C=O) groups excluding carboxylic acids is 3. The topological polar surface area (TPSA) is 89.9 Å². The number of Topliss-reactive ketones (excluding diaryl/α,β-unsaturated/α-hetero) is 1. The molecule has 0 amide bonds. The largest absolute Gasteiger partial charge is 0.464 e. The number of carbonyl (C=O) groups is 3.